The number of ether oxygens (including phenoxy) is 1. The van der Waals surface area contributed by atoms with Crippen LogP contribution in [-0.4, -0.2) is 48.5 Å². The molecule has 9 nitrogen and oxygen atoms in total. The normalized spacial score (nSPS) is 16.6. The fourth-order valence-electron chi connectivity index (χ4n) is 4.18. The molecule has 1 saturated heterocycles. The average molecular weight is 547 g/mol. The number of nitrogens with one attached hydrogen (secondary N) is 1. The maximum Gasteiger partial charge on any atom is 0.246 e. The molecule has 1 N–H and O–H groups in total. The van der Waals surface area contributed by atoms with Crippen LogP contribution < -0.4 is 10.1 Å². The first-order chi connectivity index (χ1) is 17.7. The molecule has 1 aliphatic rings. The van der Waals surface area contributed by atoms with Crippen LogP contribution in [0.1, 0.15) is 56.8 Å². The Balaban J connectivity index is 1.40. The molecule has 2 heterocycles. The quantitative estimate of drug-likeness (QED) is 0.407. The summed E-state index contributed by atoms with van der Waals surface area (Å²) in [5, 5.41) is 7.23. The van der Waals surface area contributed by atoms with E-state index < -0.39 is 15.9 Å². The lowest BCUT2D eigenvalue weighted by molar-refractivity contribution is -0.120. The predicted molar refractivity (Wildman–Crippen MR) is 140 cm³/mol. The fourth-order valence-corrected chi connectivity index (χ4v) is 6.10. The molecule has 2 aromatic carbocycles. The Hall–Kier alpha value is -2.95. The van der Waals surface area contributed by atoms with Gasteiger partial charge in [-0.15, -0.1) is 0 Å². The molecule has 0 saturated carbocycles. The van der Waals surface area contributed by atoms with Crippen LogP contribution in [0, 0.1) is 5.92 Å². The molecule has 0 bridgehead atoms. The van der Waals surface area contributed by atoms with Crippen molar-refractivity contribution in [2.24, 2.45) is 5.92 Å². The lowest BCUT2D eigenvalue weighted by Gasteiger charge is -2.31. The highest BCUT2D eigenvalue weighted by atomic mass is 35.5. The van der Waals surface area contributed by atoms with Gasteiger partial charge >= 0.3 is 0 Å². The number of halogens is 1. The van der Waals surface area contributed by atoms with E-state index in [1.807, 2.05) is 38.1 Å². The standard InChI is InChI=1S/C26H31ClN4O5S/c1-4-35-22-12-9-20(27)15-23(22)37(33,34)31-13-5-6-19(16-31)25(32)28-21-10-7-18(8-11-21)14-24-29-26(17(2)3)36-30-24/h7-12,15,17,19H,4-6,13-14,16H2,1-3H3,(H,28,32)/t19-/m0/s1. The minimum absolute atomic E-state index is 0.0145. The molecule has 1 atom stereocenters. The zero-order valence-electron chi connectivity index (χ0n) is 21.1. The summed E-state index contributed by atoms with van der Waals surface area (Å²) >= 11 is 6.09. The van der Waals surface area contributed by atoms with E-state index in [9.17, 15) is 13.2 Å². The molecule has 0 unspecified atom stereocenters. The minimum atomic E-state index is -3.89. The van der Waals surface area contributed by atoms with Crippen LogP contribution in [0.15, 0.2) is 51.9 Å². The van der Waals surface area contributed by atoms with E-state index in [-0.39, 0.29) is 29.0 Å². The van der Waals surface area contributed by atoms with Crippen molar-refractivity contribution in [3.8, 4) is 5.75 Å². The monoisotopic (exact) mass is 546 g/mol. The molecule has 0 aliphatic carbocycles. The second-order valence-electron chi connectivity index (χ2n) is 9.29. The molecule has 1 fully saturated rings. The van der Waals surface area contributed by atoms with Gasteiger partial charge in [0.2, 0.25) is 21.8 Å². The van der Waals surface area contributed by atoms with E-state index >= 15 is 0 Å². The maximum atomic E-state index is 13.4. The van der Waals surface area contributed by atoms with Crippen molar-refractivity contribution in [2.45, 2.75) is 50.8 Å². The number of carbonyl (C=O) groups excluding carboxylic acids is 1. The molecule has 37 heavy (non-hydrogen) atoms. The van der Waals surface area contributed by atoms with Gasteiger partial charge in [0, 0.05) is 36.1 Å². The molecule has 198 valence electrons. The Kier molecular flexibility index (Phi) is 8.51. The first-order valence-corrected chi connectivity index (χ1v) is 14.1. The third-order valence-corrected chi connectivity index (χ3v) is 8.26. The van der Waals surface area contributed by atoms with Gasteiger partial charge in [0.15, 0.2) is 5.82 Å². The van der Waals surface area contributed by atoms with Gasteiger partial charge in [0.25, 0.3) is 0 Å². The number of sulfonamides is 1. The van der Waals surface area contributed by atoms with Crippen molar-refractivity contribution >= 4 is 33.2 Å². The van der Waals surface area contributed by atoms with E-state index in [1.165, 1.54) is 10.4 Å². The van der Waals surface area contributed by atoms with Gasteiger partial charge in [0.05, 0.1) is 12.5 Å². The smallest absolute Gasteiger partial charge is 0.246 e. The third kappa shape index (κ3) is 6.49. The number of benzene rings is 2. The number of amides is 1. The molecular weight excluding hydrogens is 516 g/mol. The second kappa shape index (κ2) is 11.6. The fraction of sp³-hybridized carbons (Fsp3) is 0.423. The summed E-state index contributed by atoms with van der Waals surface area (Å²) in [6, 6.07) is 12.0. The van der Waals surface area contributed by atoms with E-state index in [1.54, 1.807) is 19.1 Å². The average Bonchev–Trinajstić information content (AvgIpc) is 3.35. The molecule has 0 radical (unpaired) electrons. The van der Waals surface area contributed by atoms with Crippen LogP contribution >= 0.6 is 11.6 Å². The molecule has 1 aromatic heterocycles. The molecule has 1 aliphatic heterocycles. The number of anilines is 1. The highest BCUT2D eigenvalue weighted by molar-refractivity contribution is 7.89. The van der Waals surface area contributed by atoms with Crippen LogP contribution in [0.4, 0.5) is 5.69 Å². The summed E-state index contributed by atoms with van der Waals surface area (Å²) in [5.41, 5.74) is 1.62. The van der Waals surface area contributed by atoms with Gasteiger partial charge < -0.3 is 14.6 Å². The predicted octanol–water partition coefficient (Wildman–Crippen LogP) is 4.88. The molecule has 4 rings (SSSR count). The number of hydrogen-bond acceptors (Lipinski definition) is 7. The van der Waals surface area contributed by atoms with Crippen LogP contribution in [-0.2, 0) is 21.2 Å². The van der Waals surface area contributed by atoms with E-state index in [4.69, 9.17) is 20.9 Å². The van der Waals surface area contributed by atoms with Gasteiger partial charge in [-0.3, -0.25) is 4.79 Å². The first kappa shape index (κ1) is 27.1. The van der Waals surface area contributed by atoms with Gasteiger partial charge in [-0.05, 0) is 55.7 Å². The summed E-state index contributed by atoms with van der Waals surface area (Å²) in [7, 11) is -3.89. The Bertz CT molecular complexity index is 1340. The Morgan fingerprint density at radius 2 is 2.00 bits per heavy atom. The lowest BCUT2D eigenvalue weighted by Crippen LogP contribution is -2.43. The van der Waals surface area contributed by atoms with E-state index in [2.05, 4.69) is 15.5 Å². The highest BCUT2D eigenvalue weighted by Crippen LogP contribution is 2.32. The van der Waals surface area contributed by atoms with Crippen LogP contribution in [0.25, 0.3) is 0 Å². The summed E-state index contributed by atoms with van der Waals surface area (Å²) in [4.78, 5) is 17.4. The molecule has 0 spiro atoms. The van der Waals surface area contributed by atoms with Gasteiger partial charge in [-0.1, -0.05) is 42.7 Å². The largest absolute Gasteiger partial charge is 0.492 e. The number of hydrogen-bond donors (Lipinski definition) is 1. The Labute approximate surface area is 222 Å². The summed E-state index contributed by atoms with van der Waals surface area (Å²) < 4.78 is 39.0. The van der Waals surface area contributed by atoms with Crippen LogP contribution in [0.3, 0.4) is 0 Å². The molecule has 3 aromatic rings. The second-order valence-corrected chi connectivity index (χ2v) is 11.6. The van der Waals surface area contributed by atoms with E-state index in [0.29, 0.717) is 54.8 Å². The van der Waals surface area contributed by atoms with E-state index in [0.717, 1.165) is 5.56 Å². The van der Waals surface area contributed by atoms with Crippen molar-refractivity contribution < 1.29 is 22.5 Å². The van der Waals surface area contributed by atoms with Crippen molar-refractivity contribution in [3.63, 3.8) is 0 Å². The third-order valence-electron chi connectivity index (χ3n) is 6.14. The van der Waals surface area contributed by atoms with Crippen LogP contribution in [0.2, 0.25) is 5.02 Å². The molecule has 1 amide bonds. The molecular formula is C26H31ClN4O5S. The number of aromatic nitrogens is 2. The summed E-state index contributed by atoms with van der Waals surface area (Å²) in [6.45, 7) is 6.50. The Morgan fingerprint density at radius 1 is 1.24 bits per heavy atom. The number of carbonyl (C=O) groups is 1. The molecule has 11 heteroatoms. The zero-order chi connectivity index (χ0) is 26.6. The summed E-state index contributed by atoms with van der Waals surface area (Å²) in [6.07, 6.45) is 1.69. The lowest BCUT2D eigenvalue weighted by atomic mass is 9.98. The van der Waals surface area contributed by atoms with Gasteiger partial charge in [-0.25, -0.2) is 8.42 Å². The number of rotatable bonds is 9. The Morgan fingerprint density at radius 3 is 2.68 bits per heavy atom. The first-order valence-electron chi connectivity index (χ1n) is 12.3. The van der Waals surface area contributed by atoms with Crippen LogP contribution in [0.5, 0.6) is 5.75 Å². The number of nitrogens with zero attached hydrogens (tertiary/aromatic N) is 3. The van der Waals surface area contributed by atoms with Crippen molar-refractivity contribution in [1.82, 2.24) is 14.4 Å². The van der Waals surface area contributed by atoms with Crippen molar-refractivity contribution in [1.29, 1.82) is 0 Å². The highest BCUT2D eigenvalue weighted by Gasteiger charge is 2.35. The van der Waals surface area contributed by atoms with Crippen molar-refractivity contribution in [2.75, 3.05) is 25.0 Å². The minimum Gasteiger partial charge on any atom is -0.492 e. The number of piperidine rings is 1. The zero-order valence-corrected chi connectivity index (χ0v) is 22.7. The summed E-state index contributed by atoms with van der Waals surface area (Å²) in [5.74, 6) is 0.930. The maximum absolute atomic E-state index is 13.4. The topological polar surface area (TPSA) is 115 Å². The van der Waals surface area contributed by atoms with Crippen molar-refractivity contribution in [3.05, 3.63) is 64.8 Å². The van der Waals surface area contributed by atoms with Gasteiger partial charge in [0.1, 0.15) is 10.6 Å². The SMILES string of the molecule is CCOc1ccc(Cl)cc1S(=O)(=O)N1CCC[C@H](C(=O)Nc2ccc(Cc3noc(C(C)C)n3)cc2)C1. The van der Waals surface area contributed by atoms with Gasteiger partial charge in [-0.2, -0.15) is 9.29 Å².